The number of aryl methyl sites for hydroxylation is 1. The Labute approximate surface area is 90.0 Å². The van der Waals surface area contributed by atoms with E-state index in [4.69, 9.17) is 5.11 Å². The van der Waals surface area contributed by atoms with E-state index in [1.165, 1.54) is 17.5 Å². The zero-order valence-electron chi connectivity index (χ0n) is 8.04. The fraction of sp³-hybridized carbons (Fsp3) is 0.222. The molecule has 2 rings (SSSR count). The topological polar surface area (TPSA) is 68.0 Å². The first-order valence-corrected chi connectivity index (χ1v) is 5.25. The maximum atomic E-state index is 10.9. The Bertz CT molecular complexity index is 476. The van der Waals surface area contributed by atoms with E-state index in [-0.39, 0.29) is 5.69 Å². The summed E-state index contributed by atoms with van der Waals surface area (Å²) in [4.78, 5) is 19.0. The van der Waals surface area contributed by atoms with Crippen LogP contribution in [0.1, 0.15) is 22.0 Å². The number of hydrogen-bond donors (Lipinski definition) is 1. The molecule has 0 aliphatic rings. The molecule has 2 aromatic rings. The van der Waals surface area contributed by atoms with Crippen molar-refractivity contribution in [2.75, 3.05) is 0 Å². The first kappa shape index (κ1) is 9.85. The van der Waals surface area contributed by atoms with E-state index < -0.39 is 5.97 Å². The highest BCUT2D eigenvalue weighted by molar-refractivity contribution is 7.07. The van der Waals surface area contributed by atoms with Crippen LogP contribution < -0.4 is 0 Å². The van der Waals surface area contributed by atoms with E-state index >= 15 is 0 Å². The van der Waals surface area contributed by atoms with Crippen LogP contribution in [0.25, 0.3) is 0 Å². The molecule has 0 fully saturated rings. The fourth-order valence-corrected chi connectivity index (χ4v) is 1.87. The third-order valence-corrected chi connectivity index (χ3v) is 2.71. The van der Waals surface area contributed by atoms with Gasteiger partial charge in [-0.1, -0.05) is 0 Å². The highest BCUT2D eigenvalue weighted by Gasteiger charge is 2.13. The standard InChI is InChI=1S/C9H9N3O2S/c1-6-10-2-8(9(13)14)12(6)3-7-4-15-5-11-7/h2,4-5H,3H2,1H3,(H,13,14). The predicted molar refractivity (Wildman–Crippen MR) is 55.1 cm³/mol. The van der Waals surface area contributed by atoms with E-state index in [9.17, 15) is 4.79 Å². The number of thiazole rings is 1. The molecule has 0 amide bonds. The molecule has 2 aromatic heterocycles. The van der Waals surface area contributed by atoms with Gasteiger partial charge in [-0.25, -0.2) is 14.8 Å². The number of nitrogens with zero attached hydrogens (tertiary/aromatic N) is 3. The van der Waals surface area contributed by atoms with Crippen molar-refractivity contribution in [3.8, 4) is 0 Å². The molecule has 0 aliphatic carbocycles. The van der Waals surface area contributed by atoms with Gasteiger partial charge in [-0.3, -0.25) is 0 Å². The molecule has 0 spiro atoms. The maximum Gasteiger partial charge on any atom is 0.354 e. The minimum atomic E-state index is -0.967. The molecular weight excluding hydrogens is 214 g/mol. The average molecular weight is 223 g/mol. The van der Waals surface area contributed by atoms with Gasteiger partial charge in [-0.15, -0.1) is 11.3 Å². The van der Waals surface area contributed by atoms with Crippen molar-refractivity contribution in [1.29, 1.82) is 0 Å². The predicted octanol–water partition coefficient (Wildman–Crippen LogP) is 1.39. The van der Waals surface area contributed by atoms with Crippen LogP contribution in [0.2, 0.25) is 0 Å². The first-order chi connectivity index (χ1) is 7.18. The van der Waals surface area contributed by atoms with Crippen molar-refractivity contribution < 1.29 is 9.90 Å². The summed E-state index contributed by atoms with van der Waals surface area (Å²) in [7, 11) is 0. The van der Waals surface area contributed by atoms with E-state index in [0.717, 1.165) is 5.69 Å². The van der Waals surface area contributed by atoms with Gasteiger partial charge in [0.15, 0.2) is 0 Å². The van der Waals surface area contributed by atoms with Crippen molar-refractivity contribution in [2.24, 2.45) is 0 Å². The van der Waals surface area contributed by atoms with Crippen molar-refractivity contribution in [2.45, 2.75) is 13.5 Å². The van der Waals surface area contributed by atoms with E-state index in [2.05, 4.69) is 9.97 Å². The molecule has 6 heteroatoms. The Morgan fingerprint density at radius 3 is 3.00 bits per heavy atom. The van der Waals surface area contributed by atoms with Gasteiger partial charge < -0.3 is 9.67 Å². The van der Waals surface area contributed by atoms with Crippen molar-refractivity contribution in [3.05, 3.63) is 34.3 Å². The highest BCUT2D eigenvalue weighted by Crippen LogP contribution is 2.09. The second-order valence-electron chi connectivity index (χ2n) is 3.06. The molecule has 0 radical (unpaired) electrons. The van der Waals surface area contributed by atoms with E-state index in [1.54, 1.807) is 17.0 Å². The summed E-state index contributed by atoms with van der Waals surface area (Å²) in [5, 5.41) is 10.8. The third-order valence-electron chi connectivity index (χ3n) is 2.08. The molecule has 0 unspecified atom stereocenters. The Morgan fingerprint density at radius 2 is 2.40 bits per heavy atom. The lowest BCUT2D eigenvalue weighted by Gasteiger charge is -2.04. The van der Waals surface area contributed by atoms with Crippen molar-refractivity contribution >= 4 is 17.3 Å². The molecule has 0 saturated heterocycles. The van der Waals surface area contributed by atoms with Gasteiger partial charge in [-0.05, 0) is 6.92 Å². The Morgan fingerprint density at radius 1 is 1.60 bits per heavy atom. The van der Waals surface area contributed by atoms with Crippen molar-refractivity contribution in [1.82, 2.24) is 14.5 Å². The summed E-state index contributed by atoms with van der Waals surface area (Å²) in [6.45, 7) is 2.23. The number of carboxylic acid groups (broad SMARTS) is 1. The highest BCUT2D eigenvalue weighted by atomic mass is 32.1. The SMILES string of the molecule is Cc1ncc(C(=O)O)n1Cc1cscn1. The second kappa shape index (κ2) is 3.82. The maximum absolute atomic E-state index is 10.9. The molecule has 0 bridgehead atoms. The average Bonchev–Trinajstić information content (AvgIpc) is 2.78. The molecule has 78 valence electrons. The lowest BCUT2D eigenvalue weighted by molar-refractivity contribution is 0.0685. The van der Waals surface area contributed by atoms with E-state index in [1.807, 2.05) is 5.38 Å². The lowest BCUT2D eigenvalue weighted by Crippen LogP contribution is -2.10. The quantitative estimate of drug-likeness (QED) is 0.853. The third kappa shape index (κ3) is 1.89. The number of carboxylic acids is 1. The van der Waals surface area contributed by atoms with Crippen LogP contribution in [-0.4, -0.2) is 25.6 Å². The largest absolute Gasteiger partial charge is 0.477 e. The van der Waals surface area contributed by atoms with Crippen LogP contribution in [0.4, 0.5) is 0 Å². The molecule has 0 atom stereocenters. The van der Waals surface area contributed by atoms with Gasteiger partial charge in [0, 0.05) is 5.38 Å². The molecule has 5 nitrogen and oxygen atoms in total. The summed E-state index contributed by atoms with van der Waals surface area (Å²) < 4.78 is 1.64. The Kier molecular flexibility index (Phi) is 2.51. The van der Waals surface area contributed by atoms with Crippen LogP contribution in [0, 0.1) is 6.92 Å². The summed E-state index contributed by atoms with van der Waals surface area (Å²) >= 11 is 1.49. The van der Waals surface area contributed by atoms with Crippen LogP contribution in [0.5, 0.6) is 0 Å². The monoisotopic (exact) mass is 223 g/mol. The van der Waals surface area contributed by atoms with Crippen LogP contribution in [0.3, 0.4) is 0 Å². The molecule has 0 aromatic carbocycles. The lowest BCUT2D eigenvalue weighted by atomic mass is 10.4. The Balaban J connectivity index is 2.35. The number of rotatable bonds is 3. The smallest absolute Gasteiger partial charge is 0.354 e. The minimum Gasteiger partial charge on any atom is -0.477 e. The van der Waals surface area contributed by atoms with Gasteiger partial charge in [0.1, 0.15) is 11.5 Å². The number of carbonyl (C=O) groups is 1. The molecule has 0 aliphatic heterocycles. The van der Waals surface area contributed by atoms with Crippen LogP contribution in [0.15, 0.2) is 17.1 Å². The minimum absolute atomic E-state index is 0.195. The Hall–Kier alpha value is -1.69. The van der Waals surface area contributed by atoms with Gasteiger partial charge in [0.25, 0.3) is 0 Å². The molecule has 0 saturated carbocycles. The van der Waals surface area contributed by atoms with Crippen LogP contribution in [-0.2, 0) is 6.54 Å². The number of imidazole rings is 1. The zero-order valence-corrected chi connectivity index (χ0v) is 8.86. The summed E-state index contributed by atoms with van der Waals surface area (Å²) in [6.07, 6.45) is 1.37. The van der Waals surface area contributed by atoms with Gasteiger partial charge >= 0.3 is 5.97 Å². The molecular formula is C9H9N3O2S. The van der Waals surface area contributed by atoms with Gasteiger partial charge in [-0.2, -0.15) is 0 Å². The van der Waals surface area contributed by atoms with Crippen LogP contribution >= 0.6 is 11.3 Å². The molecule has 1 N–H and O–H groups in total. The summed E-state index contributed by atoms with van der Waals surface area (Å²) in [5.41, 5.74) is 2.77. The van der Waals surface area contributed by atoms with Gasteiger partial charge in [0.05, 0.1) is 23.9 Å². The molecule has 2 heterocycles. The fourth-order valence-electron chi connectivity index (χ4n) is 1.32. The summed E-state index contributed by atoms with van der Waals surface area (Å²) in [5.74, 6) is -0.286. The van der Waals surface area contributed by atoms with E-state index in [0.29, 0.717) is 12.4 Å². The van der Waals surface area contributed by atoms with Gasteiger partial charge in [0.2, 0.25) is 0 Å². The number of aromatic nitrogens is 3. The van der Waals surface area contributed by atoms with Crippen molar-refractivity contribution in [3.63, 3.8) is 0 Å². The number of hydrogen-bond acceptors (Lipinski definition) is 4. The number of aromatic carboxylic acids is 1. The second-order valence-corrected chi connectivity index (χ2v) is 3.78. The molecule has 15 heavy (non-hydrogen) atoms. The summed E-state index contributed by atoms with van der Waals surface area (Å²) in [6, 6.07) is 0. The zero-order chi connectivity index (χ0) is 10.8. The first-order valence-electron chi connectivity index (χ1n) is 4.31. The normalized spacial score (nSPS) is 10.5.